The Labute approximate surface area is 118 Å². The van der Waals surface area contributed by atoms with E-state index in [1.807, 2.05) is 24.3 Å². The second kappa shape index (κ2) is 6.14. The molecule has 2 rings (SSSR count). The Morgan fingerprint density at radius 3 is 2.80 bits per heavy atom. The first-order valence-corrected chi connectivity index (χ1v) is 6.56. The Morgan fingerprint density at radius 2 is 2.10 bits per heavy atom. The van der Waals surface area contributed by atoms with E-state index in [9.17, 15) is 0 Å². The lowest BCUT2D eigenvalue weighted by Gasteiger charge is -2.14. The second-order valence-corrected chi connectivity index (χ2v) is 4.59. The number of hydrogen-bond acceptors (Lipinski definition) is 4. The number of rotatable bonds is 5. The average Bonchev–Trinajstić information content (AvgIpc) is 2.47. The summed E-state index contributed by atoms with van der Waals surface area (Å²) in [7, 11) is 0. The standard InChI is InChI=1S/C15H18N4O/c1-3-10(2)11-6-4-5-7-13(11)20-15-18-9-8-12(19-15)14(16)17/h4-10H,3H2,1-2H3,(H3,16,17). The van der Waals surface area contributed by atoms with Gasteiger partial charge in [0.2, 0.25) is 0 Å². The van der Waals surface area contributed by atoms with Gasteiger partial charge in [-0.1, -0.05) is 32.0 Å². The van der Waals surface area contributed by atoms with Crippen LogP contribution in [0.5, 0.6) is 11.8 Å². The first-order chi connectivity index (χ1) is 9.61. The van der Waals surface area contributed by atoms with Gasteiger partial charge < -0.3 is 10.5 Å². The van der Waals surface area contributed by atoms with Crippen molar-refractivity contribution in [2.24, 2.45) is 5.73 Å². The molecule has 1 aromatic carbocycles. The Morgan fingerprint density at radius 1 is 1.35 bits per heavy atom. The van der Waals surface area contributed by atoms with Crippen molar-refractivity contribution >= 4 is 5.84 Å². The predicted molar refractivity (Wildman–Crippen MR) is 78.3 cm³/mol. The van der Waals surface area contributed by atoms with E-state index in [-0.39, 0.29) is 11.8 Å². The summed E-state index contributed by atoms with van der Waals surface area (Å²) in [6.45, 7) is 4.28. The van der Waals surface area contributed by atoms with Gasteiger partial charge in [0.25, 0.3) is 0 Å². The Bertz CT molecular complexity index is 612. The van der Waals surface area contributed by atoms with E-state index < -0.39 is 0 Å². The number of benzene rings is 1. The molecular formula is C15H18N4O. The fourth-order valence-electron chi connectivity index (χ4n) is 1.84. The molecule has 3 N–H and O–H groups in total. The van der Waals surface area contributed by atoms with Crippen LogP contribution in [0.3, 0.4) is 0 Å². The predicted octanol–water partition coefficient (Wildman–Crippen LogP) is 3.07. The molecular weight excluding hydrogens is 252 g/mol. The molecule has 20 heavy (non-hydrogen) atoms. The van der Waals surface area contributed by atoms with Gasteiger partial charge in [-0.15, -0.1) is 0 Å². The number of nitrogen functional groups attached to an aromatic ring is 1. The van der Waals surface area contributed by atoms with Crippen LogP contribution in [0.4, 0.5) is 0 Å². The molecule has 1 aromatic heterocycles. The van der Waals surface area contributed by atoms with Crippen molar-refractivity contribution in [1.29, 1.82) is 5.41 Å². The van der Waals surface area contributed by atoms with Crippen LogP contribution in [0.15, 0.2) is 36.5 Å². The number of ether oxygens (including phenoxy) is 1. The molecule has 0 amide bonds. The van der Waals surface area contributed by atoms with Gasteiger partial charge in [-0.3, -0.25) is 5.41 Å². The quantitative estimate of drug-likeness (QED) is 0.646. The number of nitrogens with one attached hydrogen (secondary N) is 1. The smallest absolute Gasteiger partial charge is 0.322 e. The molecule has 0 spiro atoms. The van der Waals surface area contributed by atoms with E-state index in [0.717, 1.165) is 17.7 Å². The molecule has 0 fully saturated rings. The van der Waals surface area contributed by atoms with Gasteiger partial charge in [0.05, 0.1) is 0 Å². The first-order valence-electron chi connectivity index (χ1n) is 6.56. The summed E-state index contributed by atoms with van der Waals surface area (Å²) in [5, 5.41) is 7.38. The zero-order valence-electron chi connectivity index (χ0n) is 11.6. The average molecular weight is 270 g/mol. The largest absolute Gasteiger partial charge is 0.424 e. The number of aromatic nitrogens is 2. The summed E-state index contributed by atoms with van der Waals surface area (Å²) in [6.07, 6.45) is 2.56. The number of hydrogen-bond donors (Lipinski definition) is 2. The molecule has 1 unspecified atom stereocenters. The van der Waals surface area contributed by atoms with Gasteiger partial charge in [0, 0.05) is 6.20 Å². The molecule has 0 bridgehead atoms. The molecule has 2 aromatic rings. The summed E-state index contributed by atoms with van der Waals surface area (Å²) in [6, 6.07) is 9.62. The maximum atomic E-state index is 7.38. The van der Waals surface area contributed by atoms with Crippen LogP contribution >= 0.6 is 0 Å². The summed E-state index contributed by atoms with van der Waals surface area (Å²) >= 11 is 0. The molecule has 0 aliphatic carbocycles. The van der Waals surface area contributed by atoms with Gasteiger partial charge in [0.1, 0.15) is 17.3 Å². The molecule has 0 saturated heterocycles. The van der Waals surface area contributed by atoms with E-state index in [0.29, 0.717) is 11.6 Å². The Kier molecular flexibility index (Phi) is 4.30. The van der Waals surface area contributed by atoms with Crippen molar-refractivity contribution in [3.05, 3.63) is 47.8 Å². The maximum Gasteiger partial charge on any atom is 0.322 e. The molecule has 0 aliphatic heterocycles. The molecule has 5 heteroatoms. The van der Waals surface area contributed by atoms with E-state index in [1.165, 1.54) is 6.20 Å². The van der Waals surface area contributed by atoms with Crippen molar-refractivity contribution in [3.63, 3.8) is 0 Å². The molecule has 1 heterocycles. The van der Waals surface area contributed by atoms with Crippen molar-refractivity contribution in [1.82, 2.24) is 9.97 Å². The highest BCUT2D eigenvalue weighted by Crippen LogP contribution is 2.30. The van der Waals surface area contributed by atoms with Crippen LogP contribution in [-0.2, 0) is 0 Å². The van der Waals surface area contributed by atoms with Gasteiger partial charge >= 0.3 is 6.01 Å². The van der Waals surface area contributed by atoms with Crippen molar-refractivity contribution in [2.45, 2.75) is 26.2 Å². The van der Waals surface area contributed by atoms with Crippen LogP contribution in [0, 0.1) is 5.41 Å². The monoisotopic (exact) mass is 270 g/mol. The Balaban J connectivity index is 2.30. The van der Waals surface area contributed by atoms with Gasteiger partial charge in [-0.2, -0.15) is 4.98 Å². The molecule has 0 saturated carbocycles. The summed E-state index contributed by atoms with van der Waals surface area (Å²) in [4.78, 5) is 8.17. The number of nitrogens with two attached hydrogens (primary N) is 1. The van der Waals surface area contributed by atoms with Gasteiger partial charge in [-0.25, -0.2) is 4.98 Å². The third kappa shape index (κ3) is 3.12. The topological polar surface area (TPSA) is 84.9 Å². The number of nitrogens with zero attached hydrogens (tertiary/aromatic N) is 2. The van der Waals surface area contributed by atoms with Crippen LogP contribution in [0.1, 0.15) is 37.4 Å². The highest BCUT2D eigenvalue weighted by molar-refractivity contribution is 5.92. The van der Waals surface area contributed by atoms with Crippen LogP contribution < -0.4 is 10.5 Å². The third-order valence-electron chi connectivity index (χ3n) is 3.17. The summed E-state index contributed by atoms with van der Waals surface area (Å²) in [5.74, 6) is 1.03. The lowest BCUT2D eigenvalue weighted by atomic mass is 9.98. The third-order valence-corrected chi connectivity index (χ3v) is 3.17. The summed E-state index contributed by atoms with van der Waals surface area (Å²) in [5.41, 5.74) is 6.89. The number of amidine groups is 1. The van der Waals surface area contributed by atoms with E-state index >= 15 is 0 Å². The normalized spacial score (nSPS) is 11.9. The first kappa shape index (κ1) is 14.0. The minimum atomic E-state index is -0.104. The van der Waals surface area contributed by atoms with Crippen molar-refractivity contribution < 1.29 is 4.74 Å². The molecule has 0 radical (unpaired) electrons. The molecule has 0 aliphatic rings. The van der Waals surface area contributed by atoms with Crippen LogP contribution in [-0.4, -0.2) is 15.8 Å². The lowest BCUT2D eigenvalue weighted by molar-refractivity contribution is 0.432. The van der Waals surface area contributed by atoms with E-state index in [1.54, 1.807) is 6.07 Å². The van der Waals surface area contributed by atoms with E-state index in [2.05, 4.69) is 23.8 Å². The minimum Gasteiger partial charge on any atom is -0.424 e. The number of para-hydroxylation sites is 1. The van der Waals surface area contributed by atoms with Crippen LogP contribution in [0.25, 0.3) is 0 Å². The Hall–Kier alpha value is -2.43. The van der Waals surface area contributed by atoms with Gasteiger partial charge in [-0.05, 0) is 30.0 Å². The highest BCUT2D eigenvalue weighted by Gasteiger charge is 2.12. The molecule has 104 valence electrons. The highest BCUT2D eigenvalue weighted by atomic mass is 16.5. The van der Waals surface area contributed by atoms with Gasteiger partial charge in [0.15, 0.2) is 0 Å². The second-order valence-electron chi connectivity index (χ2n) is 4.59. The summed E-state index contributed by atoms with van der Waals surface area (Å²) < 4.78 is 5.75. The van der Waals surface area contributed by atoms with E-state index in [4.69, 9.17) is 15.9 Å². The van der Waals surface area contributed by atoms with Crippen molar-refractivity contribution in [3.8, 4) is 11.8 Å². The fourth-order valence-corrected chi connectivity index (χ4v) is 1.84. The SMILES string of the molecule is CCC(C)c1ccccc1Oc1nccc(C(=N)N)n1. The zero-order chi connectivity index (χ0) is 14.5. The minimum absolute atomic E-state index is 0.104. The molecule has 5 nitrogen and oxygen atoms in total. The van der Waals surface area contributed by atoms with Crippen LogP contribution in [0.2, 0.25) is 0 Å². The molecule has 1 atom stereocenters. The van der Waals surface area contributed by atoms with Crippen molar-refractivity contribution in [2.75, 3.05) is 0 Å². The maximum absolute atomic E-state index is 7.38. The lowest BCUT2D eigenvalue weighted by Crippen LogP contribution is -2.13. The fraction of sp³-hybridized carbons (Fsp3) is 0.267. The zero-order valence-corrected chi connectivity index (χ0v) is 11.6.